The van der Waals surface area contributed by atoms with Gasteiger partial charge in [0.05, 0.1) is 6.20 Å². The van der Waals surface area contributed by atoms with E-state index in [0.717, 1.165) is 6.42 Å². The molecule has 0 saturated heterocycles. The van der Waals surface area contributed by atoms with Gasteiger partial charge in [0, 0.05) is 13.1 Å². The van der Waals surface area contributed by atoms with E-state index in [2.05, 4.69) is 20.6 Å². The van der Waals surface area contributed by atoms with Crippen LogP contribution in [-0.2, 0) is 0 Å². The Morgan fingerprint density at radius 3 is 2.78 bits per heavy atom. The number of aromatic nitrogens is 2. The van der Waals surface area contributed by atoms with Gasteiger partial charge < -0.3 is 15.7 Å². The second kappa shape index (κ2) is 7.27. The predicted octanol–water partition coefficient (Wildman–Crippen LogP) is 1.99. The summed E-state index contributed by atoms with van der Waals surface area (Å²) in [5.41, 5.74) is 0. The molecular formula is C10H15ClF2N4O. The third-order valence-corrected chi connectivity index (χ3v) is 2.32. The molecule has 0 spiro atoms. The van der Waals surface area contributed by atoms with Crippen LogP contribution in [0.3, 0.4) is 0 Å². The van der Waals surface area contributed by atoms with Crippen molar-refractivity contribution in [2.75, 3.05) is 23.7 Å². The molecule has 0 bridgehead atoms. The van der Waals surface area contributed by atoms with Gasteiger partial charge in [0.1, 0.15) is 11.1 Å². The maximum atomic E-state index is 12.1. The van der Waals surface area contributed by atoms with Gasteiger partial charge in [-0.05, 0) is 6.42 Å². The van der Waals surface area contributed by atoms with E-state index < -0.39 is 12.5 Å². The van der Waals surface area contributed by atoms with E-state index in [-0.39, 0.29) is 17.4 Å². The Morgan fingerprint density at radius 2 is 2.17 bits per heavy atom. The second-order valence-corrected chi connectivity index (χ2v) is 4.01. The van der Waals surface area contributed by atoms with Crippen LogP contribution in [0, 0.1) is 0 Å². The molecule has 1 rings (SSSR count). The lowest BCUT2D eigenvalue weighted by molar-refractivity contribution is 0.00381. The fourth-order valence-electron chi connectivity index (χ4n) is 1.10. The molecule has 3 N–H and O–H groups in total. The fraction of sp³-hybridized carbons (Fsp3) is 0.600. The number of aliphatic hydroxyl groups excluding tert-OH is 1. The number of hydrogen-bond acceptors (Lipinski definition) is 5. The minimum atomic E-state index is -2.81. The van der Waals surface area contributed by atoms with Gasteiger partial charge in [-0.1, -0.05) is 18.5 Å². The lowest BCUT2D eigenvalue weighted by Gasteiger charge is -2.12. The van der Waals surface area contributed by atoms with Crippen LogP contribution in [0.15, 0.2) is 6.20 Å². The number of alkyl halides is 2. The summed E-state index contributed by atoms with van der Waals surface area (Å²) in [6, 6.07) is 0. The zero-order valence-corrected chi connectivity index (χ0v) is 10.6. The van der Waals surface area contributed by atoms with Gasteiger partial charge in [0.25, 0.3) is 6.43 Å². The molecule has 1 aromatic heterocycles. The van der Waals surface area contributed by atoms with Gasteiger partial charge in [-0.2, -0.15) is 4.98 Å². The summed E-state index contributed by atoms with van der Waals surface area (Å²) >= 11 is 5.81. The van der Waals surface area contributed by atoms with Gasteiger partial charge in [0.2, 0.25) is 5.95 Å². The summed E-state index contributed by atoms with van der Waals surface area (Å²) in [5.74, 6) is 0.570. The lowest BCUT2D eigenvalue weighted by Crippen LogP contribution is -2.27. The van der Waals surface area contributed by atoms with E-state index in [4.69, 9.17) is 16.7 Å². The van der Waals surface area contributed by atoms with Crippen molar-refractivity contribution in [1.82, 2.24) is 9.97 Å². The number of hydrogen-bond donors (Lipinski definition) is 3. The van der Waals surface area contributed by atoms with Gasteiger partial charge in [-0.15, -0.1) is 0 Å². The van der Waals surface area contributed by atoms with Crippen LogP contribution >= 0.6 is 11.6 Å². The standard InChI is InChI=1S/C10H15ClF2N4O/c1-2-3-14-10-16-4-6(11)9(17-10)15-5-7(18)8(12)13/h4,7-8,18H,2-3,5H2,1H3,(H2,14,15,16,17). The molecule has 1 heterocycles. The Kier molecular flexibility index (Phi) is 6.00. The van der Waals surface area contributed by atoms with Crippen LogP contribution in [-0.4, -0.2) is 40.7 Å². The van der Waals surface area contributed by atoms with Gasteiger partial charge in [0.15, 0.2) is 5.82 Å². The first-order chi connectivity index (χ1) is 8.54. The van der Waals surface area contributed by atoms with Gasteiger partial charge >= 0.3 is 0 Å². The number of rotatable bonds is 7. The van der Waals surface area contributed by atoms with E-state index in [1.165, 1.54) is 6.20 Å². The monoisotopic (exact) mass is 280 g/mol. The Hall–Kier alpha value is -1.21. The van der Waals surface area contributed by atoms with Crippen molar-refractivity contribution in [3.63, 3.8) is 0 Å². The van der Waals surface area contributed by atoms with Crippen molar-refractivity contribution in [3.8, 4) is 0 Å². The minimum absolute atomic E-state index is 0.207. The smallest absolute Gasteiger partial charge is 0.265 e. The van der Waals surface area contributed by atoms with Crippen LogP contribution in [0.4, 0.5) is 20.5 Å². The summed E-state index contributed by atoms with van der Waals surface area (Å²) in [6.07, 6.45) is -2.30. The van der Waals surface area contributed by atoms with Crippen molar-refractivity contribution < 1.29 is 13.9 Å². The maximum absolute atomic E-state index is 12.1. The number of halogens is 3. The fourth-order valence-corrected chi connectivity index (χ4v) is 1.26. The van der Waals surface area contributed by atoms with E-state index in [1.807, 2.05) is 6.92 Å². The number of nitrogens with zero attached hydrogens (tertiary/aromatic N) is 2. The molecule has 5 nitrogen and oxygen atoms in total. The molecule has 1 aromatic rings. The summed E-state index contributed by atoms with van der Waals surface area (Å²) < 4.78 is 24.2. The largest absolute Gasteiger partial charge is 0.385 e. The maximum Gasteiger partial charge on any atom is 0.265 e. The third-order valence-electron chi connectivity index (χ3n) is 2.05. The van der Waals surface area contributed by atoms with Crippen molar-refractivity contribution in [2.45, 2.75) is 25.9 Å². The SMILES string of the molecule is CCCNc1ncc(Cl)c(NCC(O)C(F)F)n1. The molecule has 1 atom stereocenters. The van der Waals surface area contributed by atoms with Crippen LogP contribution in [0.1, 0.15) is 13.3 Å². The number of aliphatic hydroxyl groups is 1. The lowest BCUT2D eigenvalue weighted by atomic mass is 10.3. The highest BCUT2D eigenvalue weighted by molar-refractivity contribution is 6.32. The molecule has 102 valence electrons. The van der Waals surface area contributed by atoms with Crippen molar-refractivity contribution in [2.24, 2.45) is 0 Å². The molecule has 0 radical (unpaired) electrons. The quantitative estimate of drug-likeness (QED) is 0.712. The molecule has 0 saturated carbocycles. The molecule has 0 aliphatic rings. The average Bonchev–Trinajstić information content (AvgIpc) is 2.35. The highest BCUT2D eigenvalue weighted by Gasteiger charge is 2.17. The molecule has 0 aromatic carbocycles. The normalized spacial score (nSPS) is 12.6. The van der Waals surface area contributed by atoms with E-state index >= 15 is 0 Å². The van der Waals surface area contributed by atoms with Crippen LogP contribution in [0.25, 0.3) is 0 Å². The number of anilines is 2. The molecule has 18 heavy (non-hydrogen) atoms. The van der Waals surface area contributed by atoms with Crippen molar-refractivity contribution >= 4 is 23.4 Å². The molecule has 0 amide bonds. The highest BCUT2D eigenvalue weighted by atomic mass is 35.5. The van der Waals surface area contributed by atoms with Crippen LogP contribution in [0.2, 0.25) is 5.02 Å². The average molecular weight is 281 g/mol. The summed E-state index contributed by atoms with van der Waals surface area (Å²) in [7, 11) is 0. The third kappa shape index (κ3) is 4.58. The minimum Gasteiger partial charge on any atom is -0.385 e. The zero-order chi connectivity index (χ0) is 13.5. The second-order valence-electron chi connectivity index (χ2n) is 3.60. The first-order valence-corrected chi connectivity index (χ1v) is 5.89. The van der Waals surface area contributed by atoms with E-state index in [0.29, 0.717) is 12.5 Å². The molecule has 8 heteroatoms. The Bertz CT molecular complexity index is 381. The van der Waals surface area contributed by atoms with E-state index in [9.17, 15) is 8.78 Å². The molecule has 0 aliphatic carbocycles. The van der Waals surface area contributed by atoms with Crippen LogP contribution in [0.5, 0.6) is 0 Å². The Balaban J connectivity index is 2.63. The van der Waals surface area contributed by atoms with Crippen LogP contribution < -0.4 is 10.6 Å². The summed E-state index contributed by atoms with van der Waals surface area (Å²) in [5, 5.41) is 14.7. The zero-order valence-electron chi connectivity index (χ0n) is 9.83. The topological polar surface area (TPSA) is 70.1 Å². The molecule has 0 fully saturated rings. The Morgan fingerprint density at radius 1 is 1.44 bits per heavy atom. The van der Waals surface area contributed by atoms with Crippen molar-refractivity contribution in [3.05, 3.63) is 11.2 Å². The molecular weight excluding hydrogens is 266 g/mol. The van der Waals surface area contributed by atoms with Gasteiger partial charge in [-0.25, -0.2) is 13.8 Å². The van der Waals surface area contributed by atoms with Gasteiger partial charge in [-0.3, -0.25) is 0 Å². The van der Waals surface area contributed by atoms with Crippen molar-refractivity contribution in [1.29, 1.82) is 0 Å². The summed E-state index contributed by atoms with van der Waals surface area (Å²) in [6.45, 7) is 2.35. The first-order valence-electron chi connectivity index (χ1n) is 5.51. The van der Waals surface area contributed by atoms with E-state index in [1.54, 1.807) is 0 Å². The summed E-state index contributed by atoms with van der Waals surface area (Å²) in [4.78, 5) is 7.95. The predicted molar refractivity (Wildman–Crippen MR) is 66.3 cm³/mol. The molecule has 1 unspecified atom stereocenters. The molecule has 0 aliphatic heterocycles. The highest BCUT2D eigenvalue weighted by Crippen LogP contribution is 2.19. The number of nitrogens with one attached hydrogen (secondary N) is 2. The Labute approximate surface area is 109 Å². The first kappa shape index (κ1) is 14.8.